The van der Waals surface area contributed by atoms with E-state index < -0.39 is 17.7 Å². The SMILES string of the molecule is COC1CC(NC(=O)c2nc3c(s2)CN(C)CC3)C(N)(C(=O)c2cc3cc(Cl)ccc3[nH]2)CC1OC. The summed E-state index contributed by atoms with van der Waals surface area (Å²) in [7, 11) is 5.21. The molecule has 1 aliphatic carbocycles. The van der Waals surface area contributed by atoms with Crippen LogP contribution in [0.5, 0.6) is 0 Å². The number of likely N-dealkylation sites (N-methyl/N-ethyl adjacent to an activating group) is 1. The lowest BCUT2D eigenvalue weighted by atomic mass is 9.72. The third-order valence-electron chi connectivity index (χ3n) is 7.32. The minimum atomic E-state index is -1.42. The predicted molar refractivity (Wildman–Crippen MR) is 139 cm³/mol. The van der Waals surface area contributed by atoms with Crippen LogP contribution in [0.3, 0.4) is 0 Å². The number of benzene rings is 1. The third-order valence-corrected chi connectivity index (χ3v) is 8.64. The van der Waals surface area contributed by atoms with Gasteiger partial charge in [0.1, 0.15) is 5.54 Å². The number of hydrogen-bond acceptors (Lipinski definition) is 8. The summed E-state index contributed by atoms with van der Waals surface area (Å²) < 4.78 is 11.3. The maximum atomic E-state index is 13.9. The van der Waals surface area contributed by atoms with Crippen LogP contribution < -0.4 is 11.1 Å². The van der Waals surface area contributed by atoms with Crippen molar-refractivity contribution in [2.75, 3.05) is 27.8 Å². The van der Waals surface area contributed by atoms with Crippen molar-refractivity contribution in [3.8, 4) is 0 Å². The Hall–Kier alpha value is -2.34. The van der Waals surface area contributed by atoms with E-state index in [-0.39, 0.29) is 24.2 Å². The molecule has 192 valence electrons. The minimum absolute atomic E-state index is 0.182. The largest absolute Gasteiger partial charge is 0.379 e. The first-order valence-electron chi connectivity index (χ1n) is 11.9. The quantitative estimate of drug-likeness (QED) is 0.418. The number of amides is 1. The van der Waals surface area contributed by atoms with Gasteiger partial charge in [-0.25, -0.2) is 4.98 Å². The van der Waals surface area contributed by atoms with Crippen molar-refractivity contribution in [3.05, 3.63) is 50.6 Å². The Balaban J connectivity index is 1.45. The molecule has 4 N–H and O–H groups in total. The van der Waals surface area contributed by atoms with E-state index in [1.165, 1.54) is 11.3 Å². The van der Waals surface area contributed by atoms with E-state index in [0.29, 0.717) is 22.1 Å². The van der Waals surface area contributed by atoms with E-state index in [2.05, 4.69) is 20.2 Å². The Kier molecular flexibility index (Phi) is 6.92. The summed E-state index contributed by atoms with van der Waals surface area (Å²) in [5.41, 5.74) is 7.56. The number of carbonyl (C=O) groups is 2. The molecule has 36 heavy (non-hydrogen) atoms. The zero-order chi connectivity index (χ0) is 25.6. The fourth-order valence-corrected chi connectivity index (χ4v) is 6.51. The number of nitrogens with one attached hydrogen (secondary N) is 2. The number of ether oxygens (including phenoxy) is 2. The molecule has 2 aliphatic rings. The van der Waals surface area contributed by atoms with Crippen LogP contribution in [0.1, 0.15) is 43.7 Å². The first kappa shape index (κ1) is 25.3. The number of ketones is 1. The second-order valence-corrected chi connectivity index (χ2v) is 11.2. The summed E-state index contributed by atoms with van der Waals surface area (Å²) in [5, 5.41) is 4.79. The van der Waals surface area contributed by atoms with Gasteiger partial charge in [-0.2, -0.15) is 0 Å². The van der Waals surface area contributed by atoms with Gasteiger partial charge in [0.2, 0.25) is 5.78 Å². The first-order chi connectivity index (χ1) is 17.2. The number of aromatic nitrogens is 2. The zero-order valence-electron chi connectivity index (χ0n) is 20.5. The number of carbonyl (C=O) groups excluding carboxylic acids is 2. The number of Topliss-reactive ketones (excluding diaryl/α,β-unsaturated/α-hetero) is 1. The lowest BCUT2D eigenvalue weighted by Crippen LogP contribution is -2.69. The highest BCUT2D eigenvalue weighted by atomic mass is 35.5. The number of fused-ring (bicyclic) bond motifs is 2. The predicted octanol–water partition coefficient (Wildman–Crippen LogP) is 2.77. The molecule has 11 heteroatoms. The summed E-state index contributed by atoms with van der Waals surface area (Å²) in [5.74, 6) is -0.643. The normalized spacial score (nSPS) is 26.6. The number of thiazole rings is 1. The van der Waals surface area contributed by atoms with Gasteiger partial charge in [-0.05, 0) is 37.7 Å². The van der Waals surface area contributed by atoms with Crippen LogP contribution in [0.15, 0.2) is 24.3 Å². The lowest BCUT2D eigenvalue weighted by molar-refractivity contribution is -0.0785. The number of hydrogen-bond donors (Lipinski definition) is 3. The van der Waals surface area contributed by atoms with Crippen molar-refractivity contribution in [3.63, 3.8) is 0 Å². The Morgan fingerprint density at radius 1 is 1.28 bits per heavy atom. The van der Waals surface area contributed by atoms with Gasteiger partial charge in [0.15, 0.2) is 5.01 Å². The van der Waals surface area contributed by atoms with Crippen molar-refractivity contribution < 1.29 is 19.1 Å². The number of nitrogens with zero attached hydrogens (tertiary/aromatic N) is 2. The number of H-pyrrole nitrogens is 1. The molecular weight excluding hydrogens is 502 g/mol. The van der Waals surface area contributed by atoms with E-state index in [0.717, 1.165) is 41.0 Å². The number of nitrogens with two attached hydrogens (primary N) is 1. The van der Waals surface area contributed by atoms with Crippen LogP contribution in [0.2, 0.25) is 5.02 Å². The number of aromatic amines is 1. The van der Waals surface area contributed by atoms with Gasteiger partial charge in [-0.3, -0.25) is 9.59 Å². The van der Waals surface area contributed by atoms with E-state index in [9.17, 15) is 9.59 Å². The van der Waals surface area contributed by atoms with Gasteiger partial charge in [0.25, 0.3) is 5.91 Å². The number of halogens is 1. The van der Waals surface area contributed by atoms with Gasteiger partial charge in [-0.1, -0.05) is 11.6 Å². The number of rotatable bonds is 6. The van der Waals surface area contributed by atoms with Crippen molar-refractivity contribution in [2.24, 2.45) is 5.73 Å². The Morgan fingerprint density at radius 3 is 2.81 bits per heavy atom. The second kappa shape index (κ2) is 9.85. The van der Waals surface area contributed by atoms with Crippen molar-refractivity contribution in [1.29, 1.82) is 0 Å². The van der Waals surface area contributed by atoms with Crippen LogP contribution in [-0.4, -0.2) is 78.2 Å². The molecule has 1 aromatic carbocycles. The highest BCUT2D eigenvalue weighted by Gasteiger charge is 2.52. The van der Waals surface area contributed by atoms with Gasteiger partial charge < -0.3 is 30.4 Å². The molecule has 2 aromatic heterocycles. The van der Waals surface area contributed by atoms with Crippen molar-refractivity contribution in [2.45, 2.75) is 49.6 Å². The lowest BCUT2D eigenvalue weighted by Gasteiger charge is -2.45. The maximum Gasteiger partial charge on any atom is 0.280 e. The highest BCUT2D eigenvalue weighted by Crippen LogP contribution is 2.34. The van der Waals surface area contributed by atoms with Gasteiger partial charge in [0.05, 0.1) is 29.6 Å². The van der Waals surface area contributed by atoms with Crippen LogP contribution in [0.25, 0.3) is 10.9 Å². The smallest absolute Gasteiger partial charge is 0.280 e. The van der Waals surface area contributed by atoms with Gasteiger partial charge in [0, 0.05) is 61.0 Å². The van der Waals surface area contributed by atoms with E-state index in [1.54, 1.807) is 32.4 Å². The summed E-state index contributed by atoms with van der Waals surface area (Å²) in [6, 6.07) is 6.41. The molecule has 9 nitrogen and oxygen atoms in total. The molecule has 4 unspecified atom stereocenters. The molecule has 4 atom stereocenters. The Labute approximate surface area is 218 Å². The number of methoxy groups -OCH3 is 2. The molecule has 0 saturated heterocycles. The molecule has 3 aromatic rings. The molecule has 1 aliphatic heterocycles. The Bertz CT molecular complexity index is 1310. The van der Waals surface area contributed by atoms with Crippen LogP contribution in [-0.2, 0) is 22.4 Å². The average Bonchev–Trinajstić information content (AvgIpc) is 3.48. The van der Waals surface area contributed by atoms with Crippen LogP contribution in [0.4, 0.5) is 0 Å². The molecular formula is C25H30ClN5O4S. The standard InChI is InChI=1S/C25H30ClN5O4S/c1-31-7-6-16-20(12-31)36-24(29-16)23(33)30-21-10-18(34-2)19(35-3)11-25(21,27)22(32)17-9-13-8-14(26)4-5-15(13)28-17/h4-5,8-9,18-19,21,28H,6-7,10-12,27H2,1-3H3,(H,30,33). The third kappa shape index (κ3) is 4.57. The molecule has 1 fully saturated rings. The van der Waals surface area contributed by atoms with E-state index >= 15 is 0 Å². The zero-order valence-corrected chi connectivity index (χ0v) is 22.0. The molecule has 0 spiro atoms. The monoisotopic (exact) mass is 531 g/mol. The molecule has 3 heterocycles. The average molecular weight is 532 g/mol. The van der Waals surface area contributed by atoms with Crippen molar-refractivity contribution in [1.82, 2.24) is 20.2 Å². The Morgan fingerprint density at radius 2 is 2.06 bits per heavy atom. The summed E-state index contributed by atoms with van der Waals surface area (Å²) >= 11 is 7.52. The summed E-state index contributed by atoms with van der Waals surface area (Å²) in [6.45, 7) is 1.68. The molecule has 0 bridgehead atoms. The first-order valence-corrected chi connectivity index (χ1v) is 13.1. The fraction of sp³-hybridized carbons (Fsp3) is 0.480. The fourth-order valence-electron chi connectivity index (χ4n) is 5.24. The molecule has 5 rings (SSSR count). The summed E-state index contributed by atoms with van der Waals surface area (Å²) in [4.78, 5) is 38.3. The highest BCUT2D eigenvalue weighted by molar-refractivity contribution is 7.13. The van der Waals surface area contributed by atoms with E-state index in [4.69, 9.17) is 26.8 Å². The van der Waals surface area contributed by atoms with E-state index in [1.807, 2.05) is 13.1 Å². The topological polar surface area (TPSA) is 123 Å². The molecule has 1 saturated carbocycles. The van der Waals surface area contributed by atoms with Crippen LogP contribution >= 0.6 is 22.9 Å². The molecule has 0 radical (unpaired) electrons. The molecule has 1 amide bonds. The summed E-state index contributed by atoms with van der Waals surface area (Å²) in [6.07, 6.45) is 0.580. The van der Waals surface area contributed by atoms with Crippen molar-refractivity contribution >= 4 is 45.5 Å². The minimum Gasteiger partial charge on any atom is -0.379 e. The van der Waals surface area contributed by atoms with Gasteiger partial charge >= 0.3 is 0 Å². The maximum absolute atomic E-state index is 13.9. The second-order valence-electron chi connectivity index (χ2n) is 9.67. The van der Waals surface area contributed by atoms with Crippen LogP contribution in [0, 0.1) is 0 Å². The van der Waals surface area contributed by atoms with Gasteiger partial charge in [-0.15, -0.1) is 11.3 Å².